The fourth-order valence-electron chi connectivity index (χ4n) is 6.62. The van der Waals surface area contributed by atoms with E-state index in [4.69, 9.17) is 31.5 Å². The average Bonchev–Trinajstić information content (AvgIpc) is 3.17. The van der Waals surface area contributed by atoms with Crippen molar-refractivity contribution < 1.29 is 49.0 Å². The van der Waals surface area contributed by atoms with Crippen molar-refractivity contribution >= 4 is 35.0 Å². The summed E-state index contributed by atoms with van der Waals surface area (Å²) in [6.07, 6.45) is 9.82. The number of hydrogen-bond donors (Lipinski definition) is 6. The van der Waals surface area contributed by atoms with Crippen molar-refractivity contribution in [3.8, 4) is 11.5 Å². The Morgan fingerprint density at radius 3 is 2.49 bits per heavy atom. The molecule has 3 aromatic rings. The number of piperidine rings is 1. The molecular formula is C40H47ClN4O10. The first-order valence-electron chi connectivity index (χ1n) is 18.0. The molecule has 1 aliphatic heterocycles. The predicted octanol–water partition coefficient (Wildman–Crippen LogP) is 3.67. The highest BCUT2D eigenvalue weighted by Crippen LogP contribution is 2.41. The molecule has 7 N–H and O–H groups in total. The summed E-state index contributed by atoms with van der Waals surface area (Å²) < 4.78 is 19.4. The Bertz CT molecular complexity index is 1880. The summed E-state index contributed by atoms with van der Waals surface area (Å²) in [4.78, 5) is 41.0. The molecule has 1 fully saturated rings. The van der Waals surface area contributed by atoms with E-state index in [9.17, 15) is 34.8 Å². The van der Waals surface area contributed by atoms with Gasteiger partial charge in [-0.25, -0.2) is 4.79 Å². The Balaban J connectivity index is 1.36. The molecule has 5 rings (SSSR count). The zero-order valence-corrected chi connectivity index (χ0v) is 31.3. The number of aliphatic carboxylic acids is 2. The van der Waals surface area contributed by atoms with E-state index in [1.807, 2.05) is 42.5 Å². The van der Waals surface area contributed by atoms with Crippen molar-refractivity contribution in [3.05, 3.63) is 106 Å². The lowest BCUT2D eigenvalue weighted by atomic mass is 9.77. The minimum atomic E-state index is -1.69. The van der Waals surface area contributed by atoms with Crippen LogP contribution in [0.4, 0.5) is 0 Å². The van der Waals surface area contributed by atoms with Crippen LogP contribution in [0, 0.1) is 5.92 Å². The van der Waals surface area contributed by atoms with Crippen molar-refractivity contribution in [2.24, 2.45) is 11.7 Å². The van der Waals surface area contributed by atoms with Gasteiger partial charge < -0.3 is 45.3 Å². The summed E-state index contributed by atoms with van der Waals surface area (Å²) in [6.45, 7) is 3.40. The van der Waals surface area contributed by atoms with Crippen LogP contribution in [0.25, 0.3) is 5.57 Å². The van der Waals surface area contributed by atoms with Crippen molar-refractivity contribution in [3.63, 3.8) is 0 Å². The van der Waals surface area contributed by atoms with Crippen LogP contribution in [-0.2, 0) is 27.5 Å². The van der Waals surface area contributed by atoms with E-state index < -0.39 is 41.7 Å². The number of nitrogens with one attached hydrogen (secondary N) is 1. The predicted molar refractivity (Wildman–Crippen MR) is 204 cm³/mol. The lowest BCUT2D eigenvalue weighted by Gasteiger charge is -2.40. The van der Waals surface area contributed by atoms with E-state index in [0.717, 1.165) is 11.1 Å². The number of aliphatic hydroxyl groups is 2. The molecular weight excluding hydrogens is 732 g/mol. The largest absolute Gasteiger partial charge is 0.489 e. The molecule has 1 aliphatic carbocycles. The number of nitrogens with two attached hydrogens (primary N) is 1. The molecule has 14 nitrogen and oxygen atoms in total. The monoisotopic (exact) mass is 778 g/mol. The highest BCUT2D eigenvalue weighted by atomic mass is 35.5. The smallest absolute Gasteiger partial charge is 0.335 e. The molecule has 0 radical (unpaired) electrons. The number of carbonyl (C=O) groups is 3. The number of carbonyl (C=O) groups excluding carboxylic acids is 1. The Kier molecular flexibility index (Phi) is 14.0. The zero-order chi connectivity index (χ0) is 39.6. The van der Waals surface area contributed by atoms with Gasteiger partial charge in [0.2, 0.25) is 5.91 Å². The number of halogens is 1. The molecule has 1 saturated heterocycles. The molecule has 3 atom stereocenters. The molecule has 15 heteroatoms. The number of hydrogen-bond acceptors (Lipinski definition) is 11. The van der Waals surface area contributed by atoms with Crippen LogP contribution in [0.15, 0.2) is 79.2 Å². The Morgan fingerprint density at radius 1 is 1.07 bits per heavy atom. The topological polar surface area (TPSA) is 214 Å². The molecule has 0 spiro atoms. The number of benzene rings is 2. The molecule has 2 heterocycles. The number of carboxylic acids is 2. The average molecular weight is 779 g/mol. The van der Waals surface area contributed by atoms with Crippen LogP contribution in [0.3, 0.4) is 0 Å². The van der Waals surface area contributed by atoms with Crippen LogP contribution in [0.5, 0.6) is 11.5 Å². The van der Waals surface area contributed by atoms with Crippen molar-refractivity contribution in [1.29, 1.82) is 0 Å². The number of allylic oxidation sites excluding steroid dienone is 2. The van der Waals surface area contributed by atoms with E-state index in [2.05, 4.69) is 28.2 Å². The lowest BCUT2D eigenvalue weighted by Crippen LogP contribution is -2.49. The maximum Gasteiger partial charge on any atom is 0.335 e. The fourth-order valence-corrected chi connectivity index (χ4v) is 6.86. The maximum atomic E-state index is 11.7. The molecule has 294 valence electrons. The van der Waals surface area contributed by atoms with Gasteiger partial charge in [0.05, 0.1) is 17.2 Å². The quantitative estimate of drug-likeness (QED) is 0.0960. The minimum absolute atomic E-state index is 0.0168. The highest BCUT2D eigenvalue weighted by Gasteiger charge is 2.41. The van der Waals surface area contributed by atoms with E-state index in [-0.39, 0.29) is 54.9 Å². The van der Waals surface area contributed by atoms with Crippen molar-refractivity contribution in [1.82, 2.24) is 15.2 Å². The van der Waals surface area contributed by atoms with Gasteiger partial charge in [-0.3, -0.25) is 19.9 Å². The number of carboxylic acid groups (broad SMARTS) is 2. The number of aromatic nitrogens is 1. The third-order valence-electron chi connectivity index (χ3n) is 10.1. The van der Waals surface area contributed by atoms with Crippen LogP contribution in [-0.4, -0.2) is 105 Å². The standard InChI is InChI=1S/C40H47ClN4O10/c1-26-31(28-7-3-2-4-8-28)9-5-10-40(26,55-16-6-13-45-14-11-39(52,12-15-45)38(50)51)25-54-35-19-34(53-24-27-17-30(36(42)47)21-43-20-27)29(18-32(35)41)22-44-33(23-46)37(48)49/h2-5,7-10,17-21,26,33,44,46,52H,6,11-16,22-25H2,1H3,(H2,42,47)(H,48,49)(H,50,51)/t26-,33?,40?/m1/s1. The second-order valence-electron chi connectivity index (χ2n) is 13.8. The summed E-state index contributed by atoms with van der Waals surface area (Å²) in [5.41, 5.74) is 6.14. The van der Waals surface area contributed by atoms with Gasteiger partial charge in [-0.1, -0.05) is 61.0 Å². The second-order valence-corrected chi connectivity index (χ2v) is 14.2. The van der Waals surface area contributed by atoms with Gasteiger partial charge in [-0.05, 0) is 48.6 Å². The van der Waals surface area contributed by atoms with Gasteiger partial charge in [-0.2, -0.15) is 0 Å². The first-order chi connectivity index (χ1) is 26.3. The van der Waals surface area contributed by atoms with E-state index in [1.165, 1.54) is 12.4 Å². The second kappa shape index (κ2) is 18.7. The number of likely N-dealkylation sites (tertiary alicyclic amines) is 1. The molecule has 2 aromatic carbocycles. The van der Waals surface area contributed by atoms with Gasteiger partial charge in [0.25, 0.3) is 0 Å². The highest BCUT2D eigenvalue weighted by molar-refractivity contribution is 6.32. The third-order valence-corrected chi connectivity index (χ3v) is 10.4. The van der Waals surface area contributed by atoms with E-state index in [0.29, 0.717) is 49.5 Å². The van der Waals surface area contributed by atoms with Crippen molar-refractivity contribution in [2.45, 2.75) is 56.6 Å². The van der Waals surface area contributed by atoms with Crippen molar-refractivity contribution in [2.75, 3.05) is 39.5 Å². The summed E-state index contributed by atoms with van der Waals surface area (Å²) in [6, 6.07) is 13.5. The van der Waals surface area contributed by atoms with Crippen LogP contribution >= 0.6 is 11.6 Å². The summed E-state index contributed by atoms with van der Waals surface area (Å²) >= 11 is 6.80. The number of ether oxygens (including phenoxy) is 3. The maximum absolute atomic E-state index is 11.7. The van der Waals surface area contributed by atoms with Crippen LogP contribution in [0.1, 0.15) is 53.2 Å². The number of nitrogens with zero attached hydrogens (tertiary/aromatic N) is 2. The molecule has 0 bridgehead atoms. The Labute approximate surface area is 324 Å². The Morgan fingerprint density at radius 2 is 1.82 bits per heavy atom. The Hall–Kier alpha value is -4.83. The number of amides is 1. The molecule has 1 amide bonds. The van der Waals surface area contributed by atoms with Crippen LogP contribution < -0.4 is 20.5 Å². The van der Waals surface area contributed by atoms with Gasteiger partial charge in [0.15, 0.2) is 5.60 Å². The third kappa shape index (κ3) is 10.5. The van der Waals surface area contributed by atoms with Gasteiger partial charge in [-0.15, -0.1) is 0 Å². The summed E-state index contributed by atoms with van der Waals surface area (Å²) in [7, 11) is 0. The lowest BCUT2D eigenvalue weighted by molar-refractivity contribution is -0.163. The molecule has 1 aromatic heterocycles. The molecule has 0 saturated carbocycles. The molecule has 2 aliphatic rings. The van der Waals surface area contributed by atoms with Crippen LogP contribution in [0.2, 0.25) is 5.02 Å². The van der Waals surface area contributed by atoms with Gasteiger partial charge in [0.1, 0.15) is 36.4 Å². The molecule has 55 heavy (non-hydrogen) atoms. The minimum Gasteiger partial charge on any atom is -0.489 e. The van der Waals surface area contributed by atoms with E-state index >= 15 is 0 Å². The SMILES string of the molecule is C[C@@H]1C(c2ccccc2)=CC=CC1(COc1cc(OCc2cncc(C(N)=O)c2)c(CNC(CO)C(=O)O)cc1Cl)OCCCN1CCC(O)(C(=O)O)CC1. The summed E-state index contributed by atoms with van der Waals surface area (Å²) in [5, 5.41) is 41.7. The molecule has 2 unspecified atom stereocenters. The first kappa shape index (κ1) is 41.3. The fraction of sp³-hybridized carbons (Fsp3) is 0.400. The number of primary amides is 1. The normalized spacial score (nSPS) is 20.0. The van der Waals surface area contributed by atoms with Gasteiger partial charge >= 0.3 is 11.9 Å². The first-order valence-corrected chi connectivity index (χ1v) is 18.4. The number of rotatable bonds is 19. The zero-order valence-electron chi connectivity index (χ0n) is 30.5. The summed E-state index contributed by atoms with van der Waals surface area (Å²) in [5.74, 6) is -2.64. The number of aliphatic hydroxyl groups excluding tert-OH is 1. The van der Waals surface area contributed by atoms with E-state index in [1.54, 1.807) is 18.2 Å². The van der Waals surface area contributed by atoms with Gasteiger partial charge in [0, 0.05) is 68.3 Å². The number of pyridine rings is 1.